The fourth-order valence-electron chi connectivity index (χ4n) is 3.66. The lowest BCUT2D eigenvalue weighted by molar-refractivity contribution is -0.157. The molecule has 2 amide bonds. The first-order valence-corrected chi connectivity index (χ1v) is 10.7. The fourth-order valence-corrected chi connectivity index (χ4v) is 4.54. The number of fused-ring (bicyclic) bond motifs is 2. The summed E-state index contributed by atoms with van der Waals surface area (Å²) in [6.07, 6.45) is -3.96. The fraction of sp³-hybridized carbons (Fsp3) is 0.227. The van der Waals surface area contributed by atoms with Crippen molar-refractivity contribution >= 4 is 46.0 Å². The van der Waals surface area contributed by atoms with Crippen molar-refractivity contribution < 1.29 is 22.8 Å². The summed E-state index contributed by atoms with van der Waals surface area (Å²) < 4.78 is 43.4. The summed E-state index contributed by atoms with van der Waals surface area (Å²) in [5.41, 5.74) is 1.74. The Labute approximate surface area is 186 Å². The predicted octanol–water partition coefficient (Wildman–Crippen LogP) is 4.62. The Bertz CT molecular complexity index is 1190. The standard InChI is InChI=1S/C22H19F3N4O2S/c1-2-11-28-16-9-5-3-7-14(16)27-21(28)32-13-20(31)29-17-10-6-4-8-15(17)26-19(30)12-18(29)22(23,24)25/h2-10,18H,1,11-13H2,(H,26,30). The monoisotopic (exact) mass is 460 g/mol. The average molecular weight is 460 g/mol. The van der Waals surface area contributed by atoms with Crippen molar-refractivity contribution in [2.24, 2.45) is 0 Å². The number of carbonyl (C=O) groups excluding carboxylic acids is 2. The largest absolute Gasteiger partial charge is 0.409 e. The van der Waals surface area contributed by atoms with Gasteiger partial charge in [0, 0.05) is 6.54 Å². The molecule has 6 nitrogen and oxygen atoms in total. The molecule has 0 spiro atoms. The number of rotatable bonds is 5. The number of anilines is 2. The molecule has 0 aliphatic carbocycles. The first kappa shape index (κ1) is 21.9. The predicted molar refractivity (Wildman–Crippen MR) is 118 cm³/mol. The van der Waals surface area contributed by atoms with Crippen LogP contribution in [0.5, 0.6) is 0 Å². The molecule has 1 unspecified atom stereocenters. The third kappa shape index (κ3) is 4.22. The molecule has 4 rings (SSSR count). The Morgan fingerprint density at radius 3 is 2.69 bits per heavy atom. The van der Waals surface area contributed by atoms with E-state index in [9.17, 15) is 22.8 Å². The number of amides is 2. The number of benzene rings is 2. The van der Waals surface area contributed by atoms with Crippen LogP contribution in [0.1, 0.15) is 6.42 Å². The number of imidazole rings is 1. The summed E-state index contributed by atoms with van der Waals surface area (Å²) in [6, 6.07) is 11.1. The van der Waals surface area contributed by atoms with Gasteiger partial charge in [-0.25, -0.2) is 4.98 Å². The zero-order valence-electron chi connectivity index (χ0n) is 16.8. The van der Waals surface area contributed by atoms with Crippen molar-refractivity contribution in [1.29, 1.82) is 0 Å². The highest BCUT2D eigenvalue weighted by Gasteiger charge is 2.48. The lowest BCUT2D eigenvalue weighted by Gasteiger charge is -2.31. The van der Waals surface area contributed by atoms with Crippen LogP contribution in [0.15, 0.2) is 66.3 Å². The van der Waals surface area contributed by atoms with E-state index in [-0.39, 0.29) is 17.1 Å². The summed E-state index contributed by atoms with van der Waals surface area (Å²) >= 11 is 1.05. The second kappa shape index (κ2) is 8.70. The number of halogens is 3. The van der Waals surface area contributed by atoms with Crippen molar-refractivity contribution in [3.8, 4) is 0 Å². The molecule has 1 aliphatic heterocycles. The van der Waals surface area contributed by atoms with E-state index >= 15 is 0 Å². The molecule has 166 valence electrons. The van der Waals surface area contributed by atoms with Crippen LogP contribution in [0.25, 0.3) is 11.0 Å². The van der Waals surface area contributed by atoms with E-state index in [0.717, 1.165) is 17.3 Å². The zero-order valence-corrected chi connectivity index (χ0v) is 17.6. The smallest absolute Gasteiger partial charge is 0.324 e. The molecule has 0 fully saturated rings. The van der Waals surface area contributed by atoms with E-state index in [2.05, 4.69) is 16.9 Å². The number of carbonyl (C=O) groups is 2. The van der Waals surface area contributed by atoms with Gasteiger partial charge in [-0.3, -0.25) is 14.5 Å². The molecule has 1 atom stereocenters. The van der Waals surface area contributed by atoms with Gasteiger partial charge in [0.25, 0.3) is 0 Å². The zero-order chi connectivity index (χ0) is 22.9. The number of hydrogen-bond donors (Lipinski definition) is 1. The Morgan fingerprint density at radius 1 is 1.22 bits per heavy atom. The van der Waals surface area contributed by atoms with Gasteiger partial charge in [-0.15, -0.1) is 6.58 Å². The van der Waals surface area contributed by atoms with Gasteiger partial charge in [0.1, 0.15) is 6.04 Å². The second-order valence-electron chi connectivity index (χ2n) is 7.16. The van der Waals surface area contributed by atoms with Gasteiger partial charge in [-0.2, -0.15) is 13.2 Å². The Kier molecular flexibility index (Phi) is 5.96. The molecule has 1 aromatic heterocycles. The van der Waals surface area contributed by atoms with Crippen LogP contribution >= 0.6 is 11.8 Å². The highest BCUT2D eigenvalue weighted by Crippen LogP contribution is 2.38. The van der Waals surface area contributed by atoms with Crippen LogP contribution in [0, 0.1) is 0 Å². The minimum absolute atomic E-state index is 0.0193. The molecule has 2 heterocycles. The van der Waals surface area contributed by atoms with Crippen LogP contribution in [0.3, 0.4) is 0 Å². The Hall–Kier alpha value is -3.27. The third-order valence-electron chi connectivity index (χ3n) is 5.03. The highest BCUT2D eigenvalue weighted by atomic mass is 32.2. The first-order valence-electron chi connectivity index (χ1n) is 9.76. The van der Waals surface area contributed by atoms with Crippen LogP contribution in [-0.4, -0.2) is 39.3 Å². The van der Waals surface area contributed by atoms with Crippen molar-refractivity contribution in [3.05, 3.63) is 61.2 Å². The molecular formula is C22H19F3N4O2S. The molecule has 0 radical (unpaired) electrons. The number of nitrogens with zero attached hydrogens (tertiary/aromatic N) is 3. The van der Waals surface area contributed by atoms with Crippen LogP contribution in [-0.2, 0) is 16.1 Å². The Balaban J connectivity index is 1.67. The summed E-state index contributed by atoms with van der Waals surface area (Å²) in [5.74, 6) is -1.84. The molecule has 1 N–H and O–H groups in total. The van der Waals surface area contributed by atoms with Gasteiger partial charge in [0.2, 0.25) is 11.8 Å². The van der Waals surface area contributed by atoms with E-state index in [1.54, 1.807) is 12.1 Å². The lowest BCUT2D eigenvalue weighted by Crippen LogP contribution is -2.50. The van der Waals surface area contributed by atoms with Gasteiger partial charge < -0.3 is 9.88 Å². The SMILES string of the molecule is C=CCn1c(SCC(=O)N2c3ccccc3NC(=O)CC2C(F)(F)F)nc2ccccc21. The molecule has 2 aromatic carbocycles. The topological polar surface area (TPSA) is 67.2 Å². The summed E-state index contributed by atoms with van der Waals surface area (Å²) in [7, 11) is 0. The van der Waals surface area contributed by atoms with E-state index in [4.69, 9.17) is 0 Å². The van der Waals surface area contributed by atoms with Gasteiger partial charge in [0.15, 0.2) is 5.16 Å². The highest BCUT2D eigenvalue weighted by molar-refractivity contribution is 7.99. The van der Waals surface area contributed by atoms with E-state index in [1.165, 1.54) is 18.2 Å². The maximum Gasteiger partial charge on any atom is 0.409 e. The average Bonchev–Trinajstić information content (AvgIpc) is 3.01. The lowest BCUT2D eigenvalue weighted by atomic mass is 10.1. The third-order valence-corrected chi connectivity index (χ3v) is 5.99. The van der Waals surface area contributed by atoms with E-state index in [1.807, 2.05) is 28.8 Å². The van der Waals surface area contributed by atoms with Gasteiger partial charge in [-0.1, -0.05) is 42.1 Å². The van der Waals surface area contributed by atoms with Crippen molar-refractivity contribution in [2.45, 2.75) is 30.3 Å². The molecular weight excluding hydrogens is 441 g/mol. The number of hydrogen-bond acceptors (Lipinski definition) is 4. The normalized spacial score (nSPS) is 16.4. The number of nitrogens with one attached hydrogen (secondary N) is 1. The summed E-state index contributed by atoms with van der Waals surface area (Å²) in [4.78, 5) is 30.4. The number of aromatic nitrogens is 2. The van der Waals surface area contributed by atoms with Gasteiger partial charge >= 0.3 is 6.18 Å². The summed E-state index contributed by atoms with van der Waals surface area (Å²) in [6.45, 7) is 4.17. The maximum absolute atomic E-state index is 13.9. The van der Waals surface area contributed by atoms with Gasteiger partial charge in [0.05, 0.1) is 34.6 Å². The number of allylic oxidation sites excluding steroid dienone is 1. The maximum atomic E-state index is 13.9. The molecule has 0 saturated carbocycles. The number of alkyl halides is 3. The van der Waals surface area contributed by atoms with Crippen LogP contribution < -0.4 is 10.2 Å². The second-order valence-corrected chi connectivity index (χ2v) is 8.10. The minimum atomic E-state index is -4.77. The minimum Gasteiger partial charge on any atom is -0.324 e. The first-order chi connectivity index (χ1) is 15.3. The number of thioether (sulfide) groups is 1. The Morgan fingerprint density at radius 2 is 1.94 bits per heavy atom. The molecule has 1 aliphatic rings. The van der Waals surface area contributed by atoms with Crippen molar-refractivity contribution in [1.82, 2.24) is 9.55 Å². The number of para-hydroxylation sites is 4. The van der Waals surface area contributed by atoms with E-state index < -0.39 is 30.5 Å². The van der Waals surface area contributed by atoms with E-state index in [0.29, 0.717) is 22.1 Å². The van der Waals surface area contributed by atoms with Crippen molar-refractivity contribution in [3.63, 3.8) is 0 Å². The quantitative estimate of drug-likeness (QED) is 0.446. The van der Waals surface area contributed by atoms with Crippen LogP contribution in [0.4, 0.5) is 24.5 Å². The molecule has 10 heteroatoms. The molecule has 32 heavy (non-hydrogen) atoms. The van der Waals surface area contributed by atoms with Gasteiger partial charge in [-0.05, 0) is 24.3 Å². The van der Waals surface area contributed by atoms with Crippen LogP contribution in [0.2, 0.25) is 0 Å². The summed E-state index contributed by atoms with van der Waals surface area (Å²) in [5, 5.41) is 2.96. The molecule has 3 aromatic rings. The molecule has 0 bridgehead atoms. The van der Waals surface area contributed by atoms with Crippen molar-refractivity contribution in [2.75, 3.05) is 16.0 Å². The molecule has 0 saturated heterocycles.